The monoisotopic (exact) mass is 376 g/mol. The summed E-state index contributed by atoms with van der Waals surface area (Å²) in [5.41, 5.74) is 1.26. The molecule has 2 nitrogen and oxygen atoms in total. The van der Waals surface area contributed by atoms with Gasteiger partial charge in [0.2, 0.25) is 0 Å². The molecule has 0 amide bonds. The minimum absolute atomic E-state index is 0.225. The van der Waals surface area contributed by atoms with Crippen LogP contribution >= 0.6 is 34.8 Å². The molecule has 0 spiro atoms. The summed E-state index contributed by atoms with van der Waals surface area (Å²) < 4.78 is 5.71. The van der Waals surface area contributed by atoms with E-state index in [0.29, 0.717) is 32.2 Å². The minimum Gasteiger partial charge on any atom is -0.457 e. The average Bonchev–Trinajstić information content (AvgIpc) is 3.01. The van der Waals surface area contributed by atoms with E-state index in [9.17, 15) is 4.79 Å². The van der Waals surface area contributed by atoms with Crippen LogP contribution in [0.3, 0.4) is 0 Å². The minimum atomic E-state index is -0.225. The van der Waals surface area contributed by atoms with Crippen molar-refractivity contribution < 1.29 is 9.21 Å². The number of ketones is 1. The van der Waals surface area contributed by atoms with Crippen LogP contribution in [0.1, 0.15) is 16.1 Å². The van der Waals surface area contributed by atoms with E-state index in [0.717, 1.165) is 5.56 Å². The van der Waals surface area contributed by atoms with E-state index in [2.05, 4.69) is 0 Å². The molecule has 0 aliphatic heterocycles. The molecule has 1 aromatic heterocycles. The maximum atomic E-state index is 12.2. The molecule has 2 aromatic carbocycles. The third kappa shape index (κ3) is 3.90. The molecule has 1 heterocycles. The smallest absolute Gasteiger partial charge is 0.187 e. The van der Waals surface area contributed by atoms with Gasteiger partial charge in [0.05, 0.1) is 5.02 Å². The van der Waals surface area contributed by atoms with Crippen LogP contribution in [0, 0.1) is 0 Å². The van der Waals surface area contributed by atoms with E-state index in [1.807, 2.05) is 24.3 Å². The van der Waals surface area contributed by atoms with E-state index < -0.39 is 0 Å². The van der Waals surface area contributed by atoms with Crippen molar-refractivity contribution in [2.45, 2.75) is 0 Å². The molecule has 120 valence electrons. The molecule has 0 bridgehead atoms. The van der Waals surface area contributed by atoms with E-state index in [-0.39, 0.29) is 5.78 Å². The van der Waals surface area contributed by atoms with Crippen molar-refractivity contribution in [2.75, 3.05) is 0 Å². The third-order valence-corrected chi connectivity index (χ3v) is 4.11. The molecule has 3 aromatic rings. The first-order chi connectivity index (χ1) is 11.5. The van der Waals surface area contributed by atoms with Crippen LogP contribution in [-0.4, -0.2) is 5.78 Å². The molecule has 24 heavy (non-hydrogen) atoms. The number of carbonyl (C=O) groups excluding carboxylic acids is 1. The first-order valence-electron chi connectivity index (χ1n) is 7.06. The normalized spacial score (nSPS) is 11.1. The summed E-state index contributed by atoms with van der Waals surface area (Å²) in [6, 6.07) is 15.7. The Morgan fingerprint density at radius 2 is 1.71 bits per heavy atom. The Morgan fingerprint density at radius 1 is 0.917 bits per heavy atom. The highest BCUT2D eigenvalue weighted by Crippen LogP contribution is 2.26. The van der Waals surface area contributed by atoms with Gasteiger partial charge in [-0.2, -0.15) is 0 Å². The molecule has 0 N–H and O–H groups in total. The summed E-state index contributed by atoms with van der Waals surface area (Å²) in [6.07, 6.45) is 3.01. The molecular weight excluding hydrogens is 367 g/mol. The maximum Gasteiger partial charge on any atom is 0.187 e. The van der Waals surface area contributed by atoms with Gasteiger partial charge in [0.15, 0.2) is 5.78 Å². The Hall–Kier alpha value is -2.00. The summed E-state index contributed by atoms with van der Waals surface area (Å²) in [7, 11) is 0. The average molecular weight is 378 g/mol. The van der Waals surface area contributed by atoms with E-state index >= 15 is 0 Å². The van der Waals surface area contributed by atoms with Crippen molar-refractivity contribution in [3.8, 4) is 11.3 Å². The molecular formula is C19H11Cl3O2. The van der Waals surface area contributed by atoms with Crippen LogP contribution in [0.4, 0.5) is 0 Å². The number of allylic oxidation sites excluding steroid dienone is 1. The van der Waals surface area contributed by atoms with Gasteiger partial charge < -0.3 is 4.42 Å². The largest absolute Gasteiger partial charge is 0.457 e. The summed E-state index contributed by atoms with van der Waals surface area (Å²) in [4.78, 5) is 12.2. The van der Waals surface area contributed by atoms with Crippen LogP contribution in [0.2, 0.25) is 15.1 Å². The van der Waals surface area contributed by atoms with Gasteiger partial charge in [0, 0.05) is 21.2 Å². The molecule has 0 atom stereocenters. The van der Waals surface area contributed by atoms with Crippen LogP contribution in [0.5, 0.6) is 0 Å². The molecule has 0 aliphatic carbocycles. The second kappa shape index (κ2) is 7.27. The topological polar surface area (TPSA) is 30.2 Å². The predicted octanol–water partition coefficient (Wildman–Crippen LogP) is 6.80. The fraction of sp³-hybridized carbons (Fsp3) is 0. The van der Waals surface area contributed by atoms with E-state index in [1.54, 1.807) is 30.3 Å². The summed E-state index contributed by atoms with van der Waals surface area (Å²) in [5, 5.41) is 1.43. The Kier molecular flexibility index (Phi) is 5.10. The van der Waals surface area contributed by atoms with Crippen molar-refractivity contribution >= 4 is 46.7 Å². The van der Waals surface area contributed by atoms with Crippen LogP contribution in [0.25, 0.3) is 17.4 Å². The number of benzene rings is 2. The Morgan fingerprint density at radius 3 is 2.46 bits per heavy atom. The zero-order chi connectivity index (χ0) is 17.1. The van der Waals surface area contributed by atoms with Crippen molar-refractivity contribution in [3.05, 3.63) is 87.1 Å². The van der Waals surface area contributed by atoms with Gasteiger partial charge in [-0.05, 0) is 54.6 Å². The van der Waals surface area contributed by atoms with Crippen molar-refractivity contribution in [1.82, 2.24) is 0 Å². The fourth-order valence-electron chi connectivity index (χ4n) is 2.18. The summed E-state index contributed by atoms with van der Waals surface area (Å²) in [6.45, 7) is 0. The second-order valence-corrected chi connectivity index (χ2v) is 6.31. The number of furan rings is 1. The SMILES string of the molecule is O=C(/C=C/c1ccc(-c2cccc(Cl)c2)o1)c1ccc(Cl)cc1Cl. The van der Waals surface area contributed by atoms with Gasteiger partial charge >= 0.3 is 0 Å². The highest BCUT2D eigenvalue weighted by molar-refractivity contribution is 6.37. The summed E-state index contributed by atoms with van der Waals surface area (Å²) >= 11 is 17.8. The highest BCUT2D eigenvalue weighted by Gasteiger charge is 2.08. The maximum absolute atomic E-state index is 12.2. The lowest BCUT2D eigenvalue weighted by atomic mass is 10.1. The third-order valence-electron chi connectivity index (χ3n) is 3.33. The van der Waals surface area contributed by atoms with Gasteiger partial charge in [0.25, 0.3) is 0 Å². The van der Waals surface area contributed by atoms with Gasteiger partial charge in [-0.25, -0.2) is 0 Å². The quantitative estimate of drug-likeness (QED) is 0.369. The molecule has 5 heteroatoms. The molecule has 0 saturated carbocycles. The zero-order valence-corrected chi connectivity index (χ0v) is 14.6. The molecule has 0 fully saturated rings. The molecule has 0 radical (unpaired) electrons. The van der Waals surface area contributed by atoms with Crippen molar-refractivity contribution in [1.29, 1.82) is 0 Å². The number of carbonyl (C=O) groups is 1. The number of rotatable bonds is 4. The molecule has 0 saturated heterocycles. The zero-order valence-electron chi connectivity index (χ0n) is 12.3. The van der Waals surface area contributed by atoms with Gasteiger partial charge in [0.1, 0.15) is 11.5 Å². The van der Waals surface area contributed by atoms with Crippen LogP contribution in [-0.2, 0) is 0 Å². The lowest BCUT2D eigenvalue weighted by molar-refractivity contribution is 0.104. The van der Waals surface area contributed by atoms with Crippen LogP contribution < -0.4 is 0 Å². The molecule has 0 aliphatic rings. The number of hydrogen-bond acceptors (Lipinski definition) is 2. The van der Waals surface area contributed by atoms with Crippen molar-refractivity contribution in [3.63, 3.8) is 0 Å². The summed E-state index contributed by atoms with van der Waals surface area (Å²) in [5.74, 6) is 1.01. The second-order valence-electron chi connectivity index (χ2n) is 5.03. The number of hydrogen-bond donors (Lipinski definition) is 0. The van der Waals surface area contributed by atoms with Gasteiger partial charge in [-0.1, -0.05) is 46.9 Å². The Balaban J connectivity index is 1.79. The highest BCUT2D eigenvalue weighted by atomic mass is 35.5. The fourth-order valence-corrected chi connectivity index (χ4v) is 2.87. The standard InChI is InChI=1S/C19H11Cl3O2/c20-13-3-1-2-12(10-13)19-9-6-15(24-19)5-8-18(23)16-7-4-14(21)11-17(16)22/h1-11H/b8-5+. The molecule has 0 unspecified atom stereocenters. The Labute approximate surface area is 154 Å². The van der Waals surface area contributed by atoms with E-state index in [4.69, 9.17) is 39.2 Å². The lowest BCUT2D eigenvalue weighted by Crippen LogP contribution is -1.94. The number of halogens is 3. The van der Waals surface area contributed by atoms with E-state index in [1.165, 1.54) is 12.1 Å². The predicted molar refractivity (Wildman–Crippen MR) is 99.0 cm³/mol. The Bertz CT molecular complexity index is 926. The molecule has 3 rings (SSSR count). The van der Waals surface area contributed by atoms with Gasteiger partial charge in [-0.15, -0.1) is 0 Å². The first-order valence-corrected chi connectivity index (χ1v) is 8.19. The first kappa shape index (κ1) is 16.8. The lowest BCUT2D eigenvalue weighted by Gasteiger charge is -2.00. The van der Waals surface area contributed by atoms with Gasteiger partial charge in [-0.3, -0.25) is 4.79 Å². The van der Waals surface area contributed by atoms with Crippen LogP contribution in [0.15, 0.2) is 65.1 Å². The van der Waals surface area contributed by atoms with Crippen molar-refractivity contribution in [2.24, 2.45) is 0 Å².